The van der Waals surface area contributed by atoms with Gasteiger partial charge in [0.1, 0.15) is 9.96 Å². The minimum Gasteiger partial charge on any atom is -0.493 e. The van der Waals surface area contributed by atoms with Crippen LogP contribution in [0.3, 0.4) is 0 Å². The van der Waals surface area contributed by atoms with Crippen LogP contribution in [-0.4, -0.2) is 58.5 Å². The highest BCUT2D eigenvalue weighted by Crippen LogP contribution is 2.32. The van der Waals surface area contributed by atoms with Gasteiger partial charge in [-0.1, -0.05) is 0 Å². The number of sulfonamides is 1. The predicted octanol–water partition coefficient (Wildman–Crippen LogP) is 1.64. The largest absolute Gasteiger partial charge is 0.493 e. The topological polar surface area (TPSA) is 49.9 Å². The summed E-state index contributed by atoms with van der Waals surface area (Å²) in [7, 11) is 2.04. The Labute approximate surface area is 119 Å². The number of hydrogen-bond acceptors (Lipinski definition) is 5. The summed E-state index contributed by atoms with van der Waals surface area (Å²) in [6.45, 7) is 5.45. The van der Waals surface area contributed by atoms with E-state index in [-0.39, 0.29) is 0 Å². The van der Waals surface area contributed by atoms with E-state index in [0.717, 1.165) is 4.88 Å². The Balaban J connectivity index is 2.90. The first kappa shape index (κ1) is 16.4. The van der Waals surface area contributed by atoms with Crippen molar-refractivity contribution in [2.45, 2.75) is 18.1 Å². The maximum absolute atomic E-state index is 12.4. The van der Waals surface area contributed by atoms with Gasteiger partial charge in [0.15, 0.2) is 0 Å². The fraction of sp³-hybridized carbons (Fsp3) is 0.667. The number of likely N-dealkylation sites (N-methyl/N-ethyl adjacent to an activating group) is 2. The Hall–Kier alpha value is -0.630. The van der Waals surface area contributed by atoms with Gasteiger partial charge in [0.05, 0.1) is 6.61 Å². The first-order valence-electron chi connectivity index (χ1n) is 6.13. The Bertz CT molecular complexity index is 509. The first-order valence-corrected chi connectivity index (χ1v) is 8.39. The summed E-state index contributed by atoms with van der Waals surface area (Å²) < 4.78 is 31.9. The van der Waals surface area contributed by atoms with Crippen LogP contribution in [0.1, 0.15) is 11.8 Å². The lowest BCUT2D eigenvalue weighted by Crippen LogP contribution is -2.33. The van der Waals surface area contributed by atoms with Gasteiger partial charge in [-0.15, -0.1) is 11.3 Å². The molecule has 0 aromatic carbocycles. The third-order valence-electron chi connectivity index (χ3n) is 2.68. The molecule has 0 saturated heterocycles. The molecule has 1 aromatic heterocycles. The Morgan fingerprint density at radius 1 is 1.26 bits per heavy atom. The maximum atomic E-state index is 12.4. The lowest BCUT2D eigenvalue weighted by molar-refractivity contribution is 0.339. The normalized spacial score (nSPS) is 12.4. The van der Waals surface area contributed by atoms with E-state index in [1.807, 2.05) is 32.8 Å². The van der Waals surface area contributed by atoms with E-state index in [0.29, 0.717) is 29.7 Å². The molecule has 0 atom stereocenters. The van der Waals surface area contributed by atoms with Gasteiger partial charge in [-0.05, 0) is 27.9 Å². The number of aryl methyl sites for hydroxylation is 1. The summed E-state index contributed by atoms with van der Waals surface area (Å²) in [4.78, 5) is 2.85. The SMILES string of the molecule is CCOc1cc(S(=O)(=O)N(C)CCN(C)C)sc1C. The maximum Gasteiger partial charge on any atom is 0.252 e. The predicted molar refractivity (Wildman–Crippen MR) is 78.6 cm³/mol. The smallest absolute Gasteiger partial charge is 0.252 e. The second-order valence-electron chi connectivity index (χ2n) is 4.55. The van der Waals surface area contributed by atoms with Gasteiger partial charge < -0.3 is 9.64 Å². The van der Waals surface area contributed by atoms with Gasteiger partial charge in [-0.25, -0.2) is 8.42 Å². The van der Waals surface area contributed by atoms with Crippen molar-refractivity contribution < 1.29 is 13.2 Å². The summed E-state index contributed by atoms with van der Waals surface area (Å²) in [5.41, 5.74) is 0. The number of ether oxygens (including phenoxy) is 1. The Kier molecular flexibility index (Phi) is 5.79. The van der Waals surface area contributed by atoms with Crippen LogP contribution in [-0.2, 0) is 10.0 Å². The first-order chi connectivity index (χ1) is 8.78. The molecule has 0 fully saturated rings. The van der Waals surface area contributed by atoms with E-state index in [9.17, 15) is 8.42 Å². The van der Waals surface area contributed by atoms with Gasteiger partial charge >= 0.3 is 0 Å². The van der Waals surface area contributed by atoms with Gasteiger partial charge in [0, 0.05) is 31.1 Å². The minimum atomic E-state index is -3.41. The molecule has 19 heavy (non-hydrogen) atoms. The van der Waals surface area contributed by atoms with Crippen molar-refractivity contribution in [2.75, 3.05) is 40.8 Å². The number of hydrogen-bond donors (Lipinski definition) is 0. The summed E-state index contributed by atoms with van der Waals surface area (Å²) in [5.74, 6) is 0.659. The zero-order chi connectivity index (χ0) is 14.6. The van der Waals surface area contributed by atoms with Crippen molar-refractivity contribution in [3.8, 4) is 5.75 Å². The van der Waals surface area contributed by atoms with Gasteiger partial charge in [-0.3, -0.25) is 0 Å². The molecular formula is C12H22N2O3S2. The van der Waals surface area contributed by atoms with Crippen LogP contribution in [0.2, 0.25) is 0 Å². The van der Waals surface area contributed by atoms with Crippen molar-refractivity contribution in [1.29, 1.82) is 0 Å². The van der Waals surface area contributed by atoms with E-state index in [2.05, 4.69) is 0 Å². The molecule has 7 heteroatoms. The second-order valence-corrected chi connectivity index (χ2v) is 8.08. The van der Waals surface area contributed by atoms with E-state index < -0.39 is 10.0 Å². The van der Waals surface area contributed by atoms with Gasteiger partial charge in [0.25, 0.3) is 10.0 Å². The minimum absolute atomic E-state index is 0.342. The van der Waals surface area contributed by atoms with Gasteiger partial charge in [0.2, 0.25) is 0 Å². The van der Waals surface area contributed by atoms with E-state index >= 15 is 0 Å². The lowest BCUT2D eigenvalue weighted by Gasteiger charge is -2.18. The van der Waals surface area contributed by atoms with Crippen LogP contribution in [0.15, 0.2) is 10.3 Å². The average Bonchev–Trinajstić information content (AvgIpc) is 2.69. The second kappa shape index (κ2) is 6.69. The standard InChI is InChI=1S/C12H22N2O3S2/c1-6-17-11-9-12(18-10(11)2)19(15,16)14(5)8-7-13(3)4/h9H,6-8H2,1-5H3. The van der Waals surface area contributed by atoms with E-state index in [1.54, 1.807) is 13.1 Å². The van der Waals surface area contributed by atoms with Crippen molar-refractivity contribution in [3.05, 3.63) is 10.9 Å². The van der Waals surface area contributed by atoms with Crippen LogP contribution in [0.4, 0.5) is 0 Å². The summed E-state index contributed by atoms with van der Waals surface area (Å²) >= 11 is 1.26. The molecule has 1 aromatic rings. The molecule has 0 bridgehead atoms. The quantitative estimate of drug-likeness (QED) is 0.768. The molecule has 0 unspecified atom stereocenters. The van der Waals surface area contributed by atoms with Crippen molar-refractivity contribution in [1.82, 2.24) is 9.21 Å². The molecule has 0 N–H and O–H groups in total. The highest BCUT2D eigenvalue weighted by atomic mass is 32.2. The lowest BCUT2D eigenvalue weighted by atomic mass is 10.5. The van der Waals surface area contributed by atoms with Crippen LogP contribution in [0.5, 0.6) is 5.75 Å². The monoisotopic (exact) mass is 306 g/mol. The molecule has 110 valence electrons. The van der Waals surface area contributed by atoms with Crippen LogP contribution >= 0.6 is 11.3 Å². The third kappa shape index (κ3) is 4.17. The highest BCUT2D eigenvalue weighted by molar-refractivity contribution is 7.91. The zero-order valence-corrected chi connectivity index (χ0v) is 13.8. The fourth-order valence-corrected chi connectivity index (χ4v) is 4.23. The number of nitrogens with zero attached hydrogens (tertiary/aromatic N) is 2. The molecule has 1 heterocycles. The zero-order valence-electron chi connectivity index (χ0n) is 12.1. The fourth-order valence-electron chi connectivity index (χ4n) is 1.48. The third-order valence-corrected chi connectivity index (χ3v) is 6.01. The molecule has 0 saturated carbocycles. The molecule has 0 amide bonds. The van der Waals surface area contributed by atoms with Gasteiger partial charge in [-0.2, -0.15) is 4.31 Å². The Morgan fingerprint density at radius 2 is 1.89 bits per heavy atom. The van der Waals surface area contributed by atoms with Crippen molar-refractivity contribution in [3.63, 3.8) is 0 Å². The highest BCUT2D eigenvalue weighted by Gasteiger charge is 2.24. The molecule has 5 nitrogen and oxygen atoms in total. The number of thiophene rings is 1. The number of rotatable bonds is 7. The summed E-state index contributed by atoms with van der Waals surface area (Å²) in [5, 5.41) is 0. The Morgan fingerprint density at radius 3 is 2.42 bits per heavy atom. The average molecular weight is 306 g/mol. The summed E-state index contributed by atoms with van der Waals surface area (Å²) in [6.07, 6.45) is 0. The molecule has 1 rings (SSSR count). The van der Waals surface area contributed by atoms with Crippen LogP contribution in [0, 0.1) is 6.92 Å². The van der Waals surface area contributed by atoms with Crippen LogP contribution in [0.25, 0.3) is 0 Å². The van der Waals surface area contributed by atoms with E-state index in [4.69, 9.17) is 4.74 Å². The molecule has 0 aliphatic rings. The molecular weight excluding hydrogens is 284 g/mol. The molecule has 0 spiro atoms. The van der Waals surface area contributed by atoms with E-state index in [1.165, 1.54) is 15.6 Å². The molecule has 0 aliphatic heterocycles. The van der Waals surface area contributed by atoms with Crippen molar-refractivity contribution >= 4 is 21.4 Å². The van der Waals surface area contributed by atoms with Crippen LogP contribution < -0.4 is 4.74 Å². The summed E-state index contributed by atoms with van der Waals surface area (Å²) in [6, 6.07) is 1.62. The molecule has 0 aliphatic carbocycles. The van der Waals surface area contributed by atoms with Crippen molar-refractivity contribution in [2.24, 2.45) is 0 Å². The molecule has 0 radical (unpaired) electrons.